The first-order valence-electron chi connectivity index (χ1n) is 6.00. The Hall–Kier alpha value is -0.820. The van der Waals surface area contributed by atoms with Crippen molar-refractivity contribution in [2.24, 2.45) is 0 Å². The van der Waals surface area contributed by atoms with Crippen molar-refractivity contribution in [3.8, 4) is 0 Å². The fourth-order valence-corrected chi connectivity index (χ4v) is 3.15. The van der Waals surface area contributed by atoms with Gasteiger partial charge in [-0.2, -0.15) is 0 Å². The van der Waals surface area contributed by atoms with Gasteiger partial charge in [-0.15, -0.1) is 0 Å². The maximum absolute atomic E-state index is 12.5. The second-order valence-corrected chi connectivity index (χ2v) is 6.54. The lowest BCUT2D eigenvalue weighted by Crippen LogP contribution is -2.22. The third-order valence-corrected chi connectivity index (χ3v) is 4.52. The van der Waals surface area contributed by atoms with E-state index in [1.54, 1.807) is 16.3 Å². The van der Waals surface area contributed by atoms with Gasteiger partial charge in [-0.05, 0) is 54.6 Å². The maximum atomic E-state index is 12.5. The lowest BCUT2D eigenvalue weighted by atomic mass is 10.2. The number of aromatic nitrogens is 2. The first-order valence-corrected chi connectivity index (χ1v) is 8.06. The standard InChI is InChI=1S/C14H15IN2OS/c1-4-17-13(18)11-7-10(15)5-6-12(11)16-14(17)19-8-9(2)3/h5-7H,2,4,8H2,1,3H3. The van der Waals surface area contributed by atoms with Crippen LogP contribution in [0.4, 0.5) is 0 Å². The summed E-state index contributed by atoms with van der Waals surface area (Å²) in [6, 6.07) is 5.77. The molecule has 0 spiro atoms. The Morgan fingerprint density at radius 1 is 1.53 bits per heavy atom. The molecule has 0 aliphatic carbocycles. The fraction of sp³-hybridized carbons (Fsp3) is 0.286. The Morgan fingerprint density at radius 2 is 2.26 bits per heavy atom. The van der Waals surface area contributed by atoms with Crippen LogP contribution in [0.3, 0.4) is 0 Å². The molecule has 0 unspecified atom stereocenters. The van der Waals surface area contributed by atoms with E-state index in [0.717, 1.165) is 25.6 Å². The van der Waals surface area contributed by atoms with Crippen molar-refractivity contribution in [3.63, 3.8) is 0 Å². The number of thioether (sulfide) groups is 1. The zero-order chi connectivity index (χ0) is 14.0. The Labute approximate surface area is 130 Å². The van der Waals surface area contributed by atoms with Crippen LogP contribution in [0.25, 0.3) is 10.9 Å². The highest BCUT2D eigenvalue weighted by Gasteiger charge is 2.10. The molecule has 1 aromatic heterocycles. The topological polar surface area (TPSA) is 34.9 Å². The third-order valence-electron chi connectivity index (χ3n) is 2.65. The summed E-state index contributed by atoms with van der Waals surface area (Å²) in [6.45, 7) is 8.46. The number of halogens is 1. The van der Waals surface area contributed by atoms with Gasteiger partial charge in [0.1, 0.15) is 0 Å². The normalized spacial score (nSPS) is 10.9. The zero-order valence-corrected chi connectivity index (χ0v) is 13.9. The maximum Gasteiger partial charge on any atom is 0.262 e. The second-order valence-electron chi connectivity index (χ2n) is 4.35. The van der Waals surface area contributed by atoms with Gasteiger partial charge in [0.15, 0.2) is 5.16 Å². The summed E-state index contributed by atoms with van der Waals surface area (Å²) in [4.78, 5) is 17.1. The van der Waals surface area contributed by atoms with Crippen LogP contribution in [0.15, 0.2) is 40.3 Å². The molecule has 19 heavy (non-hydrogen) atoms. The lowest BCUT2D eigenvalue weighted by Gasteiger charge is -2.11. The molecule has 1 aromatic carbocycles. The highest BCUT2D eigenvalue weighted by Crippen LogP contribution is 2.20. The molecule has 0 bridgehead atoms. The molecule has 100 valence electrons. The van der Waals surface area contributed by atoms with Crippen LogP contribution >= 0.6 is 34.4 Å². The highest BCUT2D eigenvalue weighted by atomic mass is 127. The summed E-state index contributed by atoms with van der Waals surface area (Å²) in [5, 5.41) is 1.46. The van der Waals surface area contributed by atoms with Crippen LogP contribution in [0, 0.1) is 3.57 Å². The first kappa shape index (κ1) is 14.6. The van der Waals surface area contributed by atoms with Crippen LogP contribution in [-0.2, 0) is 6.54 Å². The van der Waals surface area contributed by atoms with Crippen molar-refractivity contribution in [2.45, 2.75) is 25.5 Å². The average Bonchev–Trinajstić information content (AvgIpc) is 2.37. The summed E-state index contributed by atoms with van der Waals surface area (Å²) in [5.41, 5.74) is 1.87. The summed E-state index contributed by atoms with van der Waals surface area (Å²) < 4.78 is 2.78. The lowest BCUT2D eigenvalue weighted by molar-refractivity contribution is 0.635. The van der Waals surface area contributed by atoms with Crippen LogP contribution in [0.2, 0.25) is 0 Å². The molecule has 1 heterocycles. The van der Waals surface area contributed by atoms with Crippen molar-refractivity contribution < 1.29 is 0 Å². The minimum atomic E-state index is 0.0373. The van der Waals surface area contributed by atoms with Gasteiger partial charge in [0.2, 0.25) is 0 Å². The highest BCUT2D eigenvalue weighted by molar-refractivity contribution is 14.1. The number of nitrogens with zero attached hydrogens (tertiary/aromatic N) is 2. The SMILES string of the molecule is C=C(C)CSc1nc2ccc(I)cc2c(=O)n1CC. The number of hydrogen-bond donors (Lipinski definition) is 0. The number of rotatable bonds is 4. The number of fused-ring (bicyclic) bond motifs is 1. The quantitative estimate of drug-likeness (QED) is 0.348. The molecule has 0 aliphatic heterocycles. The predicted octanol–water partition coefficient (Wildman–Crippen LogP) is 3.69. The molecule has 0 radical (unpaired) electrons. The van der Waals surface area contributed by atoms with E-state index in [2.05, 4.69) is 34.2 Å². The molecule has 2 aromatic rings. The van der Waals surface area contributed by atoms with Crippen molar-refractivity contribution in [2.75, 3.05) is 5.75 Å². The molecular weight excluding hydrogens is 371 g/mol. The summed E-state index contributed by atoms with van der Waals surface area (Å²) in [5.74, 6) is 0.780. The molecule has 0 atom stereocenters. The minimum absolute atomic E-state index is 0.0373. The van der Waals surface area contributed by atoms with E-state index < -0.39 is 0 Å². The molecule has 3 nitrogen and oxygen atoms in total. The van der Waals surface area contributed by atoms with Gasteiger partial charge < -0.3 is 0 Å². The van der Waals surface area contributed by atoms with Gasteiger partial charge in [0.25, 0.3) is 5.56 Å². The van der Waals surface area contributed by atoms with Gasteiger partial charge in [-0.25, -0.2) is 4.98 Å². The summed E-state index contributed by atoms with van der Waals surface area (Å²) in [6.07, 6.45) is 0. The number of benzene rings is 1. The molecule has 0 N–H and O–H groups in total. The molecule has 5 heteroatoms. The Kier molecular flexibility index (Phi) is 4.67. The molecule has 2 rings (SSSR count). The Balaban J connectivity index is 2.61. The minimum Gasteiger partial charge on any atom is -0.287 e. The molecule has 0 aliphatic rings. The summed E-state index contributed by atoms with van der Waals surface area (Å²) >= 11 is 3.77. The first-order chi connectivity index (χ1) is 9.02. The van der Waals surface area contributed by atoms with E-state index in [4.69, 9.17) is 0 Å². The largest absolute Gasteiger partial charge is 0.287 e. The van der Waals surface area contributed by atoms with Crippen molar-refractivity contribution >= 4 is 45.3 Å². The summed E-state index contributed by atoms with van der Waals surface area (Å²) in [7, 11) is 0. The van der Waals surface area contributed by atoms with Gasteiger partial charge in [-0.1, -0.05) is 23.9 Å². The van der Waals surface area contributed by atoms with Gasteiger partial charge in [0, 0.05) is 15.9 Å². The van der Waals surface area contributed by atoms with E-state index in [-0.39, 0.29) is 5.56 Å². The van der Waals surface area contributed by atoms with Crippen molar-refractivity contribution in [1.29, 1.82) is 0 Å². The molecule has 0 fully saturated rings. The van der Waals surface area contributed by atoms with Gasteiger partial charge in [-0.3, -0.25) is 9.36 Å². The van der Waals surface area contributed by atoms with E-state index >= 15 is 0 Å². The van der Waals surface area contributed by atoms with Gasteiger partial charge >= 0.3 is 0 Å². The van der Waals surface area contributed by atoms with E-state index in [1.165, 1.54) is 0 Å². The zero-order valence-electron chi connectivity index (χ0n) is 10.9. The third kappa shape index (κ3) is 3.20. The Morgan fingerprint density at radius 3 is 2.89 bits per heavy atom. The smallest absolute Gasteiger partial charge is 0.262 e. The van der Waals surface area contributed by atoms with Crippen LogP contribution in [0.1, 0.15) is 13.8 Å². The molecule has 0 saturated heterocycles. The van der Waals surface area contributed by atoms with E-state index in [0.29, 0.717) is 11.9 Å². The van der Waals surface area contributed by atoms with Crippen molar-refractivity contribution in [3.05, 3.63) is 44.3 Å². The van der Waals surface area contributed by atoms with Crippen LogP contribution in [0.5, 0.6) is 0 Å². The molecule has 0 amide bonds. The van der Waals surface area contributed by atoms with E-state index in [1.807, 2.05) is 32.0 Å². The Bertz CT molecular complexity index is 694. The predicted molar refractivity (Wildman–Crippen MR) is 89.9 cm³/mol. The van der Waals surface area contributed by atoms with Crippen molar-refractivity contribution in [1.82, 2.24) is 9.55 Å². The monoisotopic (exact) mass is 386 g/mol. The van der Waals surface area contributed by atoms with Crippen LogP contribution < -0.4 is 5.56 Å². The molecule has 0 saturated carbocycles. The fourth-order valence-electron chi connectivity index (χ4n) is 1.75. The van der Waals surface area contributed by atoms with Crippen LogP contribution in [-0.4, -0.2) is 15.3 Å². The van der Waals surface area contributed by atoms with Gasteiger partial charge in [0.05, 0.1) is 10.9 Å². The van der Waals surface area contributed by atoms with E-state index in [9.17, 15) is 4.79 Å². The second kappa shape index (κ2) is 6.09. The molecular formula is C14H15IN2OS. The number of hydrogen-bond acceptors (Lipinski definition) is 3. The average molecular weight is 386 g/mol.